The van der Waals surface area contributed by atoms with Crippen LogP contribution in [0, 0.1) is 13.8 Å². The van der Waals surface area contributed by atoms with E-state index in [4.69, 9.17) is 21.9 Å². The molecule has 2 fully saturated rings. The number of aryl methyl sites for hydroxylation is 1. The highest BCUT2D eigenvalue weighted by Crippen LogP contribution is 2.42. The highest BCUT2D eigenvalue weighted by atomic mass is 32.1. The standard InChI is InChI=1S/C30H32N6OS/c1-21-19-26(22(2)36(21)25-8-6-24(7-9-25)34-15-17-37-18-16-34)29-28(27-5-3-4-12-32-27)33-30(38)35(29)20-23-10-13-31-14-11-23/h3-14,19,28-29H,15-18,20H2,1-2H3,(H,33,38)/t28-,29-/m1/s1. The number of ether oxygens (including phenoxy) is 1. The van der Waals surface area contributed by atoms with E-state index in [2.05, 4.69) is 74.9 Å². The Morgan fingerprint density at radius 3 is 2.39 bits per heavy atom. The summed E-state index contributed by atoms with van der Waals surface area (Å²) in [6.07, 6.45) is 5.51. The lowest BCUT2D eigenvalue weighted by Crippen LogP contribution is -2.36. The zero-order chi connectivity index (χ0) is 26.1. The van der Waals surface area contributed by atoms with Crippen molar-refractivity contribution < 1.29 is 4.74 Å². The SMILES string of the molecule is Cc1cc([C@@H]2[C@@H](c3ccccn3)NC(=S)N2Cc2ccncc2)c(C)n1-c1ccc(N2CCOCC2)cc1. The van der Waals surface area contributed by atoms with Crippen LogP contribution < -0.4 is 10.2 Å². The van der Waals surface area contributed by atoms with Crippen molar-refractivity contribution in [3.05, 3.63) is 107 Å². The fourth-order valence-electron chi connectivity index (χ4n) is 5.72. The van der Waals surface area contributed by atoms with E-state index in [9.17, 15) is 0 Å². The van der Waals surface area contributed by atoms with Crippen LogP contribution in [0.25, 0.3) is 5.69 Å². The lowest BCUT2D eigenvalue weighted by Gasteiger charge is -2.29. The van der Waals surface area contributed by atoms with Gasteiger partial charge in [0.2, 0.25) is 0 Å². The van der Waals surface area contributed by atoms with E-state index < -0.39 is 0 Å². The quantitative estimate of drug-likeness (QED) is 0.360. The number of pyridine rings is 2. The number of thiocarbonyl (C=S) groups is 1. The summed E-state index contributed by atoms with van der Waals surface area (Å²) in [7, 11) is 0. The first kappa shape index (κ1) is 24.6. The summed E-state index contributed by atoms with van der Waals surface area (Å²) in [5.41, 5.74) is 8.20. The van der Waals surface area contributed by atoms with Gasteiger partial charge in [0.1, 0.15) is 0 Å². The molecule has 0 aliphatic carbocycles. The number of aromatic nitrogens is 3. The fraction of sp³-hybridized carbons (Fsp3) is 0.300. The summed E-state index contributed by atoms with van der Waals surface area (Å²) in [5, 5.41) is 4.32. The summed E-state index contributed by atoms with van der Waals surface area (Å²) < 4.78 is 7.87. The first-order valence-corrected chi connectivity index (χ1v) is 13.5. The minimum Gasteiger partial charge on any atom is -0.378 e. The average molecular weight is 525 g/mol. The molecular weight excluding hydrogens is 492 g/mol. The summed E-state index contributed by atoms with van der Waals surface area (Å²) in [6.45, 7) is 8.51. The molecule has 0 bridgehead atoms. The summed E-state index contributed by atoms with van der Waals surface area (Å²) >= 11 is 5.90. The molecule has 7 nitrogen and oxygen atoms in total. The van der Waals surface area contributed by atoms with E-state index in [0.29, 0.717) is 6.54 Å². The molecule has 0 saturated carbocycles. The first-order chi connectivity index (χ1) is 18.6. The van der Waals surface area contributed by atoms with Gasteiger partial charge in [0.15, 0.2) is 5.11 Å². The van der Waals surface area contributed by atoms with E-state index in [1.54, 1.807) is 0 Å². The number of hydrogen-bond donors (Lipinski definition) is 1. The fourth-order valence-corrected chi connectivity index (χ4v) is 6.02. The Morgan fingerprint density at radius 2 is 1.68 bits per heavy atom. The van der Waals surface area contributed by atoms with Gasteiger partial charge in [-0.05, 0) is 91.8 Å². The summed E-state index contributed by atoms with van der Waals surface area (Å²) in [5.74, 6) is 0. The molecule has 2 aliphatic rings. The molecule has 3 aromatic heterocycles. The van der Waals surface area contributed by atoms with Crippen molar-refractivity contribution in [1.82, 2.24) is 24.8 Å². The van der Waals surface area contributed by atoms with Gasteiger partial charge in [-0.1, -0.05) is 6.07 Å². The smallest absolute Gasteiger partial charge is 0.170 e. The van der Waals surface area contributed by atoms with Gasteiger partial charge < -0.3 is 24.4 Å². The molecule has 1 aromatic carbocycles. The van der Waals surface area contributed by atoms with Gasteiger partial charge >= 0.3 is 0 Å². The third-order valence-electron chi connectivity index (χ3n) is 7.57. The second-order valence-electron chi connectivity index (χ2n) is 9.89. The maximum absolute atomic E-state index is 5.90. The molecule has 0 spiro atoms. The van der Waals surface area contributed by atoms with Crippen LogP contribution in [0.3, 0.4) is 0 Å². The van der Waals surface area contributed by atoms with Crippen LogP contribution in [0.2, 0.25) is 0 Å². The second-order valence-corrected chi connectivity index (χ2v) is 10.3. The first-order valence-electron chi connectivity index (χ1n) is 13.1. The van der Waals surface area contributed by atoms with Crippen LogP contribution >= 0.6 is 12.2 Å². The number of nitrogens with one attached hydrogen (secondary N) is 1. The maximum Gasteiger partial charge on any atom is 0.170 e. The zero-order valence-electron chi connectivity index (χ0n) is 21.7. The van der Waals surface area contributed by atoms with Crippen LogP contribution in [0.1, 0.15) is 40.3 Å². The van der Waals surface area contributed by atoms with Gasteiger partial charge in [-0.2, -0.15) is 0 Å². The topological polar surface area (TPSA) is 58.5 Å². The van der Waals surface area contributed by atoms with Gasteiger partial charge in [0.05, 0.1) is 31.0 Å². The number of hydrogen-bond acceptors (Lipinski definition) is 5. The highest BCUT2D eigenvalue weighted by molar-refractivity contribution is 7.80. The van der Waals surface area contributed by atoms with Crippen molar-refractivity contribution in [2.75, 3.05) is 31.2 Å². The van der Waals surface area contributed by atoms with Crippen LogP contribution in [-0.4, -0.2) is 50.9 Å². The van der Waals surface area contributed by atoms with E-state index in [1.807, 2.05) is 42.9 Å². The van der Waals surface area contributed by atoms with Gasteiger partial charge in [0.25, 0.3) is 0 Å². The van der Waals surface area contributed by atoms with Gasteiger partial charge in [-0.3, -0.25) is 9.97 Å². The molecule has 38 heavy (non-hydrogen) atoms. The Balaban J connectivity index is 1.38. The Morgan fingerprint density at radius 1 is 0.947 bits per heavy atom. The molecule has 0 amide bonds. The predicted molar refractivity (Wildman–Crippen MR) is 154 cm³/mol. The maximum atomic E-state index is 5.90. The second kappa shape index (κ2) is 10.6. The van der Waals surface area contributed by atoms with Crippen molar-refractivity contribution in [2.24, 2.45) is 0 Å². The van der Waals surface area contributed by atoms with Crippen molar-refractivity contribution in [2.45, 2.75) is 32.5 Å². The predicted octanol–water partition coefficient (Wildman–Crippen LogP) is 4.89. The van der Waals surface area contributed by atoms with E-state index in [-0.39, 0.29) is 12.1 Å². The average Bonchev–Trinajstić information content (AvgIpc) is 3.44. The lowest BCUT2D eigenvalue weighted by atomic mass is 9.96. The number of nitrogens with zero attached hydrogens (tertiary/aromatic N) is 5. The third-order valence-corrected chi connectivity index (χ3v) is 7.93. The molecule has 1 N–H and O–H groups in total. The molecule has 0 radical (unpaired) electrons. The minimum atomic E-state index is -0.0526. The van der Waals surface area contributed by atoms with Crippen molar-refractivity contribution in [3.63, 3.8) is 0 Å². The highest BCUT2D eigenvalue weighted by Gasteiger charge is 2.41. The Hall–Kier alpha value is -3.75. The van der Waals surface area contributed by atoms with Crippen molar-refractivity contribution >= 4 is 23.0 Å². The number of benzene rings is 1. The van der Waals surface area contributed by atoms with Gasteiger partial charge in [-0.15, -0.1) is 0 Å². The van der Waals surface area contributed by atoms with Crippen LogP contribution in [-0.2, 0) is 11.3 Å². The Kier molecular flexibility index (Phi) is 6.82. The van der Waals surface area contributed by atoms with Crippen molar-refractivity contribution in [3.8, 4) is 5.69 Å². The number of rotatable bonds is 6. The lowest BCUT2D eigenvalue weighted by molar-refractivity contribution is 0.122. The molecule has 2 aliphatic heterocycles. The molecular formula is C30H32N6OS. The molecule has 8 heteroatoms. The van der Waals surface area contributed by atoms with E-state index >= 15 is 0 Å². The molecule has 5 heterocycles. The zero-order valence-corrected chi connectivity index (χ0v) is 22.6. The number of anilines is 1. The Labute approximate surface area is 229 Å². The largest absolute Gasteiger partial charge is 0.378 e. The molecule has 6 rings (SSSR count). The third kappa shape index (κ3) is 4.66. The monoisotopic (exact) mass is 524 g/mol. The number of morpholine rings is 1. The van der Waals surface area contributed by atoms with Crippen LogP contribution in [0.5, 0.6) is 0 Å². The molecule has 0 unspecified atom stereocenters. The van der Waals surface area contributed by atoms with Gasteiger partial charge in [0, 0.05) is 61.0 Å². The van der Waals surface area contributed by atoms with Gasteiger partial charge in [-0.25, -0.2) is 0 Å². The normalized spacial score (nSPS) is 19.6. The minimum absolute atomic E-state index is 0.00172. The molecule has 2 atom stereocenters. The molecule has 4 aromatic rings. The van der Waals surface area contributed by atoms with Crippen LogP contribution in [0.15, 0.2) is 79.3 Å². The molecule has 194 valence electrons. The van der Waals surface area contributed by atoms with Crippen LogP contribution in [0.4, 0.5) is 5.69 Å². The Bertz CT molecular complexity index is 1400. The summed E-state index contributed by atoms with van der Waals surface area (Å²) in [6, 6.07) is 21.3. The summed E-state index contributed by atoms with van der Waals surface area (Å²) in [4.78, 5) is 13.6. The van der Waals surface area contributed by atoms with Crippen molar-refractivity contribution in [1.29, 1.82) is 0 Å². The van der Waals surface area contributed by atoms with E-state index in [1.165, 1.54) is 28.2 Å². The molecule has 2 saturated heterocycles. The van der Waals surface area contributed by atoms with E-state index in [0.717, 1.165) is 42.8 Å².